The van der Waals surface area contributed by atoms with Crippen LogP contribution >= 0.6 is 11.6 Å². The molecule has 1 aromatic carbocycles. The zero-order chi connectivity index (χ0) is 11.8. The van der Waals surface area contributed by atoms with E-state index in [0.717, 1.165) is 23.7 Å². The van der Waals surface area contributed by atoms with Crippen molar-refractivity contribution in [2.45, 2.75) is 19.3 Å². The Hall–Kier alpha value is -1.55. The number of nitrogen functional groups attached to an aromatic ring is 1. The quantitative estimate of drug-likeness (QED) is 0.850. The van der Waals surface area contributed by atoms with Gasteiger partial charge in [0.25, 0.3) is 5.89 Å². The lowest BCUT2D eigenvalue weighted by molar-refractivity contribution is 0.421. The zero-order valence-electron chi connectivity index (χ0n) is 9.19. The second-order valence-electron chi connectivity index (χ2n) is 4.40. The summed E-state index contributed by atoms with van der Waals surface area (Å²) in [5, 5.41) is 4.47. The van der Waals surface area contributed by atoms with Crippen molar-refractivity contribution < 1.29 is 4.52 Å². The van der Waals surface area contributed by atoms with Gasteiger partial charge in [-0.15, -0.1) is 0 Å². The van der Waals surface area contributed by atoms with Gasteiger partial charge in [0, 0.05) is 12.0 Å². The Bertz CT molecular complexity index is 548. The predicted molar refractivity (Wildman–Crippen MR) is 65.6 cm³/mol. The molecule has 0 unspecified atom stereocenters. The maximum atomic E-state index is 5.95. The van der Waals surface area contributed by atoms with Gasteiger partial charge in [0.1, 0.15) is 0 Å². The molecule has 0 atom stereocenters. The van der Waals surface area contributed by atoms with Gasteiger partial charge in [-0.25, -0.2) is 0 Å². The molecule has 0 saturated heterocycles. The van der Waals surface area contributed by atoms with Crippen LogP contribution in [0, 0.1) is 5.92 Å². The molecule has 0 spiro atoms. The minimum Gasteiger partial charge on any atom is -0.398 e. The van der Waals surface area contributed by atoms with E-state index in [4.69, 9.17) is 21.9 Å². The maximum absolute atomic E-state index is 5.95. The fourth-order valence-electron chi connectivity index (χ4n) is 1.69. The standard InChI is InChI=1S/C12H12ClN3O/c13-9-6-8(3-4-10(9)14)12-15-11(16-17-12)5-7-1-2-7/h3-4,6-7H,1-2,5,14H2. The summed E-state index contributed by atoms with van der Waals surface area (Å²) in [5.41, 5.74) is 7.00. The van der Waals surface area contributed by atoms with Crippen molar-refractivity contribution in [1.82, 2.24) is 10.1 Å². The second-order valence-corrected chi connectivity index (χ2v) is 4.81. The lowest BCUT2D eigenvalue weighted by Crippen LogP contribution is -1.90. The lowest BCUT2D eigenvalue weighted by atomic mass is 10.2. The van der Waals surface area contributed by atoms with E-state index in [1.807, 2.05) is 6.07 Å². The zero-order valence-corrected chi connectivity index (χ0v) is 9.94. The largest absolute Gasteiger partial charge is 0.398 e. The fraction of sp³-hybridized carbons (Fsp3) is 0.333. The van der Waals surface area contributed by atoms with Crippen LogP contribution in [0.4, 0.5) is 5.69 Å². The first-order valence-electron chi connectivity index (χ1n) is 5.60. The molecule has 1 fully saturated rings. The molecule has 17 heavy (non-hydrogen) atoms. The first-order valence-corrected chi connectivity index (χ1v) is 5.98. The van der Waals surface area contributed by atoms with E-state index in [-0.39, 0.29) is 0 Å². The summed E-state index contributed by atoms with van der Waals surface area (Å²) in [6.07, 6.45) is 3.46. The summed E-state index contributed by atoms with van der Waals surface area (Å²) in [7, 11) is 0. The minimum absolute atomic E-state index is 0.502. The van der Waals surface area contributed by atoms with Crippen LogP contribution in [0.25, 0.3) is 11.5 Å². The molecule has 2 N–H and O–H groups in total. The molecule has 0 aliphatic heterocycles. The number of nitrogens with two attached hydrogens (primary N) is 1. The maximum Gasteiger partial charge on any atom is 0.257 e. The summed E-state index contributed by atoms with van der Waals surface area (Å²) in [6.45, 7) is 0. The molecule has 0 amide bonds. The van der Waals surface area contributed by atoms with Crippen molar-refractivity contribution in [2.24, 2.45) is 5.92 Å². The molecule has 3 rings (SSSR count). The monoisotopic (exact) mass is 249 g/mol. The van der Waals surface area contributed by atoms with Crippen molar-refractivity contribution in [3.63, 3.8) is 0 Å². The summed E-state index contributed by atoms with van der Waals surface area (Å²) in [4.78, 5) is 4.35. The Morgan fingerprint density at radius 2 is 2.24 bits per heavy atom. The van der Waals surface area contributed by atoms with E-state index in [2.05, 4.69) is 10.1 Å². The molecule has 88 valence electrons. The molecule has 0 bridgehead atoms. The smallest absolute Gasteiger partial charge is 0.257 e. The fourth-order valence-corrected chi connectivity index (χ4v) is 1.88. The van der Waals surface area contributed by atoms with Crippen LogP contribution in [0.3, 0.4) is 0 Å². The van der Waals surface area contributed by atoms with E-state index in [9.17, 15) is 0 Å². The van der Waals surface area contributed by atoms with Gasteiger partial charge in [-0.05, 0) is 37.0 Å². The van der Waals surface area contributed by atoms with Crippen LogP contribution < -0.4 is 5.73 Å². The van der Waals surface area contributed by atoms with Crippen LogP contribution in [0.2, 0.25) is 5.02 Å². The van der Waals surface area contributed by atoms with E-state index >= 15 is 0 Å². The summed E-state index contributed by atoms with van der Waals surface area (Å²) >= 11 is 5.95. The molecule has 1 heterocycles. The van der Waals surface area contributed by atoms with Crippen molar-refractivity contribution in [3.8, 4) is 11.5 Å². The third-order valence-electron chi connectivity index (χ3n) is 2.88. The van der Waals surface area contributed by atoms with Gasteiger partial charge in [-0.1, -0.05) is 16.8 Å². The molecular weight excluding hydrogens is 238 g/mol. The summed E-state index contributed by atoms with van der Waals surface area (Å²) in [5.74, 6) is 2.02. The topological polar surface area (TPSA) is 64.9 Å². The molecule has 2 aromatic rings. The Morgan fingerprint density at radius 3 is 2.94 bits per heavy atom. The normalized spacial score (nSPS) is 15.1. The van der Waals surface area contributed by atoms with E-state index < -0.39 is 0 Å². The molecule has 1 saturated carbocycles. The number of aromatic nitrogens is 2. The van der Waals surface area contributed by atoms with Crippen molar-refractivity contribution in [3.05, 3.63) is 29.0 Å². The summed E-state index contributed by atoms with van der Waals surface area (Å²) < 4.78 is 5.21. The highest BCUT2D eigenvalue weighted by Gasteiger charge is 2.24. The highest BCUT2D eigenvalue weighted by molar-refractivity contribution is 6.33. The summed E-state index contributed by atoms with van der Waals surface area (Å²) in [6, 6.07) is 5.31. The molecule has 1 aliphatic carbocycles. The average Bonchev–Trinajstić information content (AvgIpc) is 2.99. The van der Waals surface area contributed by atoms with Crippen LogP contribution in [-0.4, -0.2) is 10.1 Å². The van der Waals surface area contributed by atoms with Crippen LogP contribution in [0.1, 0.15) is 18.7 Å². The van der Waals surface area contributed by atoms with E-state index in [1.165, 1.54) is 12.8 Å². The van der Waals surface area contributed by atoms with Gasteiger partial charge in [-0.3, -0.25) is 0 Å². The van der Waals surface area contributed by atoms with Gasteiger partial charge >= 0.3 is 0 Å². The highest BCUT2D eigenvalue weighted by Crippen LogP contribution is 2.32. The first-order chi connectivity index (χ1) is 8.22. The number of anilines is 1. The molecule has 4 nitrogen and oxygen atoms in total. The SMILES string of the molecule is Nc1ccc(-c2nc(CC3CC3)no2)cc1Cl. The minimum atomic E-state index is 0.502. The van der Waals surface area contributed by atoms with E-state index in [0.29, 0.717) is 16.6 Å². The highest BCUT2D eigenvalue weighted by atomic mass is 35.5. The Balaban J connectivity index is 1.86. The Labute approximate surface area is 104 Å². The number of nitrogens with zero attached hydrogens (tertiary/aromatic N) is 2. The van der Waals surface area contributed by atoms with Gasteiger partial charge in [0.05, 0.1) is 10.7 Å². The first kappa shape index (κ1) is 10.6. The molecule has 1 aromatic heterocycles. The number of halogens is 1. The number of rotatable bonds is 3. The average molecular weight is 250 g/mol. The number of benzene rings is 1. The third kappa shape index (κ3) is 2.26. The number of hydrogen-bond donors (Lipinski definition) is 1. The lowest BCUT2D eigenvalue weighted by Gasteiger charge is -1.98. The number of hydrogen-bond acceptors (Lipinski definition) is 4. The predicted octanol–water partition coefficient (Wildman–Crippen LogP) is 2.92. The van der Waals surface area contributed by atoms with Gasteiger partial charge in [-0.2, -0.15) is 4.98 Å². The molecular formula is C12H12ClN3O. The van der Waals surface area contributed by atoms with Gasteiger partial charge in [0.2, 0.25) is 0 Å². The van der Waals surface area contributed by atoms with Crippen molar-refractivity contribution in [1.29, 1.82) is 0 Å². The second kappa shape index (κ2) is 4.04. The van der Waals surface area contributed by atoms with Crippen LogP contribution in [-0.2, 0) is 6.42 Å². The van der Waals surface area contributed by atoms with Crippen molar-refractivity contribution in [2.75, 3.05) is 5.73 Å². The Morgan fingerprint density at radius 1 is 1.41 bits per heavy atom. The molecule has 1 aliphatic rings. The molecule has 0 radical (unpaired) electrons. The van der Waals surface area contributed by atoms with Gasteiger partial charge in [0.15, 0.2) is 5.82 Å². The van der Waals surface area contributed by atoms with Crippen LogP contribution in [0.15, 0.2) is 22.7 Å². The van der Waals surface area contributed by atoms with Crippen molar-refractivity contribution >= 4 is 17.3 Å². The molecule has 5 heteroatoms. The third-order valence-corrected chi connectivity index (χ3v) is 3.21. The Kier molecular flexibility index (Phi) is 2.52. The van der Waals surface area contributed by atoms with Crippen LogP contribution in [0.5, 0.6) is 0 Å². The van der Waals surface area contributed by atoms with E-state index in [1.54, 1.807) is 12.1 Å². The van der Waals surface area contributed by atoms with Gasteiger partial charge < -0.3 is 10.3 Å².